The normalized spacial score (nSPS) is 17.2. The first kappa shape index (κ1) is 16.0. The molecule has 0 saturated carbocycles. The van der Waals surface area contributed by atoms with Crippen LogP contribution in [-0.2, 0) is 9.59 Å². The molecule has 7 heteroatoms. The molecule has 1 unspecified atom stereocenters. The average Bonchev–Trinajstić information content (AvgIpc) is 3.08. The minimum Gasteiger partial charge on any atom is -0.436 e. The Morgan fingerprint density at radius 1 is 1.15 bits per heavy atom. The molecule has 4 rings (SSSR count). The summed E-state index contributed by atoms with van der Waals surface area (Å²) in [5.41, 5.74) is 2.33. The van der Waals surface area contributed by atoms with Crippen LogP contribution in [0.1, 0.15) is 23.2 Å². The number of benzene rings is 2. The van der Waals surface area contributed by atoms with E-state index in [-0.39, 0.29) is 12.3 Å². The number of hydrogen-bond donors (Lipinski definition) is 2. The molecular weight excluding hydrogens is 334 g/mol. The molecule has 0 spiro atoms. The lowest BCUT2D eigenvalue weighted by Gasteiger charge is -2.21. The molecule has 1 aliphatic heterocycles. The highest BCUT2D eigenvalue weighted by molar-refractivity contribution is 6.04. The van der Waals surface area contributed by atoms with Crippen LogP contribution in [0.2, 0.25) is 0 Å². The first-order valence-corrected chi connectivity index (χ1v) is 8.21. The monoisotopic (exact) mass is 349 g/mol. The third-order valence-corrected chi connectivity index (χ3v) is 4.22. The summed E-state index contributed by atoms with van der Waals surface area (Å²) in [6.45, 7) is 0. The van der Waals surface area contributed by atoms with Gasteiger partial charge in [-0.05, 0) is 36.8 Å². The first-order chi connectivity index (χ1) is 12.6. The second-order valence-electron chi connectivity index (χ2n) is 6.04. The van der Waals surface area contributed by atoms with Gasteiger partial charge >= 0.3 is 0 Å². The van der Waals surface area contributed by atoms with Crippen LogP contribution in [0.15, 0.2) is 52.9 Å². The molecule has 1 aliphatic rings. The zero-order valence-electron chi connectivity index (χ0n) is 13.7. The van der Waals surface area contributed by atoms with Crippen molar-refractivity contribution < 1.29 is 18.8 Å². The molecule has 0 radical (unpaired) electrons. The summed E-state index contributed by atoms with van der Waals surface area (Å²) >= 11 is 0. The number of amides is 3. The number of nitrogens with one attached hydrogen (secondary N) is 2. The number of fused-ring (bicyclic) bond motifs is 1. The molecule has 0 aliphatic carbocycles. The fraction of sp³-hybridized carbons (Fsp3) is 0.158. The van der Waals surface area contributed by atoms with E-state index in [4.69, 9.17) is 4.42 Å². The molecule has 1 aromatic heterocycles. The topological polar surface area (TPSA) is 101 Å². The van der Waals surface area contributed by atoms with Gasteiger partial charge in [0, 0.05) is 17.5 Å². The average molecular weight is 349 g/mol. The summed E-state index contributed by atoms with van der Waals surface area (Å²) in [6.07, 6.45) is 0.497. The van der Waals surface area contributed by atoms with Crippen molar-refractivity contribution in [1.29, 1.82) is 0 Å². The highest BCUT2D eigenvalue weighted by Crippen LogP contribution is 2.24. The maximum absolute atomic E-state index is 12.4. The van der Waals surface area contributed by atoms with Gasteiger partial charge in [0.2, 0.25) is 17.7 Å². The van der Waals surface area contributed by atoms with Crippen LogP contribution in [0.3, 0.4) is 0 Å². The lowest BCUT2D eigenvalue weighted by atomic mass is 10.1. The number of aromatic nitrogens is 1. The maximum atomic E-state index is 12.4. The zero-order valence-corrected chi connectivity index (χ0v) is 13.7. The van der Waals surface area contributed by atoms with Crippen LogP contribution >= 0.6 is 0 Å². The summed E-state index contributed by atoms with van der Waals surface area (Å²) in [5, 5.41) is 4.86. The number of nitrogens with zero attached hydrogens (tertiary/aromatic N) is 1. The van der Waals surface area contributed by atoms with Crippen molar-refractivity contribution >= 4 is 28.8 Å². The van der Waals surface area contributed by atoms with Gasteiger partial charge in [0.1, 0.15) is 11.6 Å². The van der Waals surface area contributed by atoms with Gasteiger partial charge in [0.05, 0.1) is 0 Å². The highest BCUT2D eigenvalue weighted by atomic mass is 16.3. The number of rotatable bonds is 3. The van der Waals surface area contributed by atoms with Gasteiger partial charge in [0.25, 0.3) is 5.91 Å². The van der Waals surface area contributed by atoms with Crippen molar-refractivity contribution in [2.45, 2.75) is 18.9 Å². The second kappa shape index (κ2) is 6.44. The molecule has 2 aromatic carbocycles. The summed E-state index contributed by atoms with van der Waals surface area (Å²) in [6, 6.07) is 13.7. The van der Waals surface area contributed by atoms with Gasteiger partial charge in [0.15, 0.2) is 5.58 Å². The Morgan fingerprint density at radius 2 is 1.96 bits per heavy atom. The van der Waals surface area contributed by atoms with E-state index in [2.05, 4.69) is 15.6 Å². The molecule has 3 amide bonds. The van der Waals surface area contributed by atoms with Gasteiger partial charge in [-0.25, -0.2) is 4.98 Å². The van der Waals surface area contributed by atoms with Crippen molar-refractivity contribution in [3.05, 3.63) is 54.1 Å². The molecule has 130 valence electrons. The van der Waals surface area contributed by atoms with E-state index in [0.717, 1.165) is 5.56 Å². The molecule has 0 bridgehead atoms. The van der Waals surface area contributed by atoms with Gasteiger partial charge < -0.3 is 9.73 Å². The molecule has 1 saturated heterocycles. The third-order valence-electron chi connectivity index (χ3n) is 4.22. The smallest absolute Gasteiger partial charge is 0.252 e. The fourth-order valence-electron chi connectivity index (χ4n) is 2.84. The van der Waals surface area contributed by atoms with E-state index in [0.29, 0.717) is 29.0 Å². The molecular formula is C19H15N3O4. The Hall–Kier alpha value is -3.48. The van der Waals surface area contributed by atoms with Crippen molar-refractivity contribution in [3.63, 3.8) is 0 Å². The van der Waals surface area contributed by atoms with Crippen LogP contribution in [0, 0.1) is 0 Å². The Morgan fingerprint density at radius 3 is 2.73 bits per heavy atom. The van der Waals surface area contributed by atoms with Crippen LogP contribution < -0.4 is 10.6 Å². The van der Waals surface area contributed by atoms with Crippen molar-refractivity contribution in [2.75, 3.05) is 0 Å². The minimum absolute atomic E-state index is 0.207. The number of piperidine rings is 1. The minimum atomic E-state index is -0.717. The Kier molecular flexibility index (Phi) is 3.96. The van der Waals surface area contributed by atoms with Crippen molar-refractivity contribution in [2.24, 2.45) is 0 Å². The predicted octanol–water partition coefficient (Wildman–Crippen LogP) is 2.03. The molecule has 7 nitrogen and oxygen atoms in total. The number of carbonyl (C=O) groups excluding carboxylic acids is 3. The van der Waals surface area contributed by atoms with Crippen molar-refractivity contribution in [3.8, 4) is 11.5 Å². The number of oxazole rings is 1. The van der Waals surface area contributed by atoms with Gasteiger partial charge in [-0.2, -0.15) is 0 Å². The van der Waals surface area contributed by atoms with E-state index < -0.39 is 17.9 Å². The lowest BCUT2D eigenvalue weighted by molar-refractivity contribution is -0.134. The Labute approximate surface area is 148 Å². The van der Waals surface area contributed by atoms with Gasteiger partial charge in [-0.15, -0.1) is 0 Å². The van der Waals surface area contributed by atoms with E-state index in [1.807, 2.05) is 30.3 Å². The van der Waals surface area contributed by atoms with E-state index in [9.17, 15) is 14.4 Å². The van der Waals surface area contributed by atoms with Crippen molar-refractivity contribution in [1.82, 2.24) is 15.6 Å². The standard InChI is InChI=1S/C19H15N3O4/c23-16-9-8-14(18(25)22-16)20-17(24)12-6-7-13-15(10-12)26-19(21-13)11-4-2-1-3-5-11/h1-7,10,14H,8-9H2,(H,20,24)(H,22,23,25). The van der Waals surface area contributed by atoms with Crippen LogP contribution in [0.5, 0.6) is 0 Å². The van der Waals surface area contributed by atoms with E-state index >= 15 is 0 Å². The largest absolute Gasteiger partial charge is 0.436 e. The third kappa shape index (κ3) is 3.06. The van der Waals surface area contributed by atoms with E-state index in [1.54, 1.807) is 18.2 Å². The van der Waals surface area contributed by atoms with E-state index in [1.165, 1.54) is 0 Å². The molecule has 1 fully saturated rings. The lowest BCUT2D eigenvalue weighted by Crippen LogP contribution is -2.52. The quantitative estimate of drug-likeness (QED) is 0.705. The SMILES string of the molecule is O=C1CCC(NC(=O)c2ccc3nc(-c4ccccc4)oc3c2)C(=O)N1. The molecule has 1 atom stereocenters. The van der Waals surface area contributed by atoms with Gasteiger partial charge in [-0.1, -0.05) is 18.2 Å². The first-order valence-electron chi connectivity index (χ1n) is 8.21. The summed E-state index contributed by atoms with van der Waals surface area (Å²) in [4.78, 5) is 39.8. The predicted molar refractivity (Wildman–Crippen MR) is 93.1 cm³/mol. The van der Waals surface area contributed by atoms with Crippen LogP contribution in [0.4, 0.5) is 0 Å². The number of imide groups is 1. The van der Waals surface area contributed by atoms with Gasteiger partial charge in [-0.3, -0.25) is 19.7 Å². The number of carbonyl (C=O) groups is 3. The Balaban J connectivity index is 1.56. The summed E-state index contributed by atoms with van der Waals surface area (Å²) in [7, 11) is 0. The van der Waals surface area contributed by atoms with Crippen LogP contribution in [-0.4, -0.2) is 28.7 Å². The van der Waals surface area contributed by atoms with Crippen LogP contribution in [0.25, 0.3) is 22.6 Å². The zero-order chi connectivity index (χ0) is 18.1. The summed E-state index contributed by atoms with van der Waals surface area (Å²) in [5.74, 6) is -0.735. The highest BCUT2D eigenvalue weighted by Gasteiger charge is 2.28. The Bertz CT molecular complexity index is 1010. The second-order valence-corrected chi connectivity index (χ2v) is 6.04. The molecule has 3 aromatic rings. The summed E-state index contributed by atoms with van der Waals surface area (Å²) < 4.78 is 5.76. The molecule has 2 heterocycles. The molecule has 26 heavy (non-hydrogen) atoms. The fourth-order valence-corrected chi connectivity index (χ4v) is 2.84. The maximum Gasteiger partial charge on any atom is 0.252 e. The number of hydrogen-bond acceptors (Lipinski definition) is 5. The molecule has 2 N–H and O–H groups in total.